The summed E-state index contributed by atoms with van der Waals surface area (Å²) in [6.07, 6.45) is 4.10. The van der Waals surface area contributed by atoms with Gasteiger partial charge in [0.25, 0.3) is 0 Å². The molecule has 1 fully saturated rings. The molecule has 1 aliphatic heterocycles. The predicted molar refractivity (Wildman–Crippen MR) is 50.5 cm³/mol. The van der Waals surface area contributed by atoms with Crippen LogP contribution in [-0.2, 0) is 4.79 Å². The van der Waals surface area contributed by atoms with Gasteiger partial charge in [-0.15, -0.1) is 0 Å². The third kappa shape index (κ3) is 2.88. The smallest absolute Gasteiger partial charge is 0.122 e. The minimum atomic E-state index is -0.317. The van der Waals surface area contributed by atoms with Crippen LogP contribution >= 0.6 is 0 Å². The molecule has 0 aromatic carbocycles. The number of nitroso groups, excluding NO2 is 1. The van der Waals surface area contributed by atoms with Crippen molar-refractivity contribution in [1.29, 1.82) is 0 Å². The second kappa shape index (κ2) is 5.07. The van der Waals surface area contributed by atoms with Crippen LogP contribution < -0.4 is 0 Å². The van der Waals surface area contributed by atoms with Crippen molar-refractivity contribution in [3.63, 3.8) is 0 Å². The average Bonchev–Trinajstić information content (AvgIpc) is 2.51. The molecular weight excluding hydrogens is 168 g/mol. The molecule has 2 unspecified atom stereocenters. The van der Waals surface area contributed by atoms with Crippen LogP contribution in [0, 0.1) is 4.91 Å². The Balaban J connectivity index is 2.35. The fourth-order valence-corrected chi connectivity index (χ4v) is 1.88. The minimum Gasteiger partial charge on any atom is -0.303 e. The standard InChI is InChI=1S/C9H16N2O2/c1-11-5-2-3-9(11)7-8(10-13)4-6-12/h6,8-9H,2-5,7H2,1H3. The molecule has 0 aromatic rings. The van der Waals surface area contributed by atoms with Crippen molar-refractivity contribution in [2.45, 2.75) is 37.8 Å². The Morgan fingerprint density at radius 1 is 1.69 bits per heavy atom. The van der Waals surface area contributed by atoms with E-state index >= 15 is 0 Å². The molecule has 1 aliphatic rings. The van der Waals surface area contributed by atoms with Crippen LogP contribution in [0.15, 0.2) is 5.18 Å². The highest BCUT2D eigenvalue weighted by Crippen LogP contribution is 2.21. The van der Waals surface area contributed by atoms with E-state index in [1.165, 1.54) is 6.42 Å². The van der Waals surface area contributed by atoms with Crippen molar-refractivity contribution in [1.82, 2.24) is 4.90 Å². The van der Waals surface area contributed by atoms with Gasteiger partial charge >= 0.3 is 0 Å². The third-order valence-corrected chi connectivity index (χ3v) is 2.73. The summed E-state index contributed by atoms with van der Waals surface area (Å²) in [6, 6.07) is 0.130. The first-order valence-corrected chi connectivity index (χ1v) is 4.74. The Hall–Kier alpha value is -0.770. The molecule has 0 bridgehead atoms. The molecule has 0 aromatic heterocycles. The van der Waals surface area contributed by atoms with E-state index in [4.69, 9.17) is 0 Å². The molecular formula is C9H16N2O2. The van der Waals surface area contributed by atoms with Gasteiger partial charge in [-0.25, -0.2) is 0 Å². The Morgan fingerprint density at radius 3 is 2.92 bits per heavy atom. The van der Waals surface area contributed by atoms with E-state index in [0.717, 1.165) is 25.7 Å². The summed E-state index contributed by atoms with van der Waals surface area (Å²) in [4.78, 5) is 22.8. The monoisotopic (exact) mass is 184 g/mol. The Kier molecular flexibility index (Phi) is 4.02. The molecule has 74 valence electrons. The van der Waals surface area contributed by atoms with Crippen molar-refractivity contribution in [3.05, 3.63) is 4.91 Å². The summed E-state index contributed by atoms with van der Waals surface area (Å²) in [5.74, 6) is 0. The number of carbonyl (C=O) groups is 1. The van der Waals surface area contributed by atoms with Gasteiger partial charge in [-0.3, -0.25) is 0 Å². The summed E-state index contributed by atoms with van der Waals surface area (Å²) in [5, 5.41) is 2.97. The molecule has 0 aliphatic carbocycles. The van der Waals surface area contributed by atoms with Gasteiger partial charge in [-0.05, 0) is 32.9 Å². The zero-order valence-corrected chi connectivity index (χ0v) is 7.98. The molecule has 4 nitrogen and oxygen atoms in total. The summed E-state index contributed by atoms with van der Waals surface area (Å²) in [6.45, 7) is 1.09. The molecule has 1 saturated heterocycles. The molecule has 4 heteroatoms. The lowest BCUT2D eigenvalue weighted by Gasteiger charge is -2.20. The van der Waals surface area contributed by atoms with E-state index in [1.54, 1.807) is 0 Å². The summed E-state index contributed by atoms with van der Waals surface area (Å²) >= 11 is 0. The van der Waals surface area contributed by atoms with Crippen molar-refractivity contribution >= 4 is 6.29 Å². The van der Waals surface area contributed by atoms with E-state index in [1.807, 2.05) is 0 Å². The molecule has 0 saturated carbocycles. The number of likely N-dealkylation sites (tertiary alicyclic amines) is 1. The number of aldehydes is 1. The number of hydrogen-bond acceptors (Lipinski definition) is 4. The molecule has 1 heterocycles. The lowest BCUT2D eigenvalue weighted by molar-refractivity contribution is -0.108. The first-order valence-electron chi connectivity index (χ1n) is 4.74. The first-order chi connectivity index (χ1) is 6.27. The van der Waals surface area contributed by atoms with Gasteiger partial charge in [-0.2, -0.15) is 4.91 Å². The highest BCUT2D eigenvalue weighted by molar-refractivity contribution is 5.50. The molecule has 0 radical (unpaired) electrons. The second-order valence-corrected chi connectivity index (χ2v) is 3.67. The fourth-order valence-electron chi connectivity index (χ4n) is 1.88. The molecule has 2 atom stereocenters. The quantitative estimate of drug-likeness (QED) is 0.476. The zero-order chi connectivity index (χ0) is 9.68. The van der Waals surface area contributed by atoms with Gasteiger partial charge in [0.05, 0.1) is 0 Å². The van der Waals surface area contributed by atoms with Crippen LogP contribution in [0.5, 0.6) is 0 Å². The lowest BCUT2D eigenvalue weighted by Crippen LogP contribution is -2.28. The maximum atomic E-state index is 10.4. The van der Waals surface area contributed by atoms with Crippen LogP contribution in [0.25, 0.3) is 0 Å². The molecule has 0 N–H and O–H groups in total. The van der Waals surface area contributed by atoms with E-state index in [-0.39, 0.29) is 12.5 Å². The van der Waals surface area contributed by atoms with Crippen molar-refractivity contribution in [3.8, 4) is 0 Å². The normalized spacial score (nSPS) is 25.8. The van der Waals surface area contributed by atoms with Crippen LogP contribution in [-0.4, -0.2) is 36.9 Å². The van der Waals surface area contributed by atoms with Gasteiger partial charge in [0, 0.05) is 12.5 Å². The van der Waals surface area contributed by atoms with E-state index < -0.39 is 0 Å². The Morgan fingerprint density at radius 2 is 2.46 bits per heavy atom. The summed E-state index contributed by atoms with van der Waals surface area (Å²) < 4.78 is 0. The third-order valence-electron chi connectivity index (χ3n) is 2.73. The average molecular weight is 184 g/mol. The maximum Gasteiger partial charge on any atom is 0.122 e. The fraction of sp³-hybridized carbons (Fsp3) is 0.889. The molecule has 0 amide bonds. The van der Waals surface area contributed by atoms with Gasteiger partial charge in [0.2, 0.25) is 0 Å². The Labute approximate surface area is 78.3 Å². The first kappa shape index (κ1) is 10.3. The Bertz CT molecular complexity index is 184. The lowest BCUT2D eigenvalue weighted by atomic mass is 10.0. The topological polar surface area (TPSA) is 49.7 Å². The highest BCUT2D eigenvalue weighted by atomic mass is 16.3. The van der Waals surface area contributed by atoms with Gasteiger partial charge in [-0.1, -0.05) is 5.18 Å². The largest absolute Gasteiger partial charge is 0.303 e. The van der Waals surface area contributed by atoms with Crippen LogP contribution in [0.4, 0.5) is 0 Å². The zero-order valence-electron chi connectivity index (χ0n) is 7.98. The number of rotatable bonds is 5. The van der Waals surface area contributed by atoms with Crippen molar-refractivity contribution in [2.24, 2.45) is 5.18 Å². The molecule has 1 rings (SSSR count). The van der Waals surface area contributed by atoms with E-state index in [2.05, 4.69) is 17.1 Å². The SMILES string of the molecule is CN1CCCC1CC(CC=O)N=O. The highest BCUT2D eigenvalue weighted by Gasteiger charge is 2.24. The molecule has 0 spiro atoms. The number of hydrogen-bond donors (Lipinski definition) is 0. The maximum absolute atomic E-state index is 10.4. The second-order valence-electron chi connectivity index (χ2n) is 3.67. The van der Waals surface area contributed by atoms with Crippen LogP contribution in [0.1, 0.15) is 25.7 Å². The van der Waals surface area contributed by atoms with Crippen LogP contribution in [0.2, 0.25) is 0 Å². The van der Waals surface area contributed by atoms with Crippen molar-refractivity contribution < 1.29 is 4.79 Å². The van der Waals surface area contributed by atoms with E-state index in [9.17, 15) is 9.70 Å². The molecule has 13 heavy (non-hydrogen) atoms. The predicted octanol–water partition coefficient (Wildman–Crippen LogP) is 1.19. The van der Waals surface area contributed by atoms with Gasteiger partial charge in [0.1, 0.15) is 12.3 Å². The number of carbonyl (C=O) groups excluding carboxylic acids is 1. The van der Waals surface area contributed by atoms with E-state index in [0.29, 0.717) is 6.04 Å². The number of nitrogens with zero attached hydrogens (tertiary/aromatic N) is 2. The summed E-state index contributed by atoms with van der Waals surface area (Å²) in [7, 11) is 2.06. The van der Waals surface area contributed by atoms with Gasteiger partial charge < -0.3 is 9.69 Å². The van der Waals surface area contributed by atoms with Gasteiger partial charge in [0.15, 0.2) is 0 Å². The van der Waals surface area contributed by atoms with Crippen molar-refractivity contribution in [2.75, 3.05) is 13.6 Å². The van der Waals surface area contributed by atoms with Crippen LogP contribution in [0.3, 0.4) is 0 Å². The summed E-state index contributed by atoms with van der Waals surface area (Å²) in [5.41, 5.74) is 0. The minimum absolute atomic E-state index is 0.272.